The summed E-state index contributed by atoms with van der Waals surface area (Å²) in [4.78, 5) is 0. The summed E-state index contributed by atoms with van der Waals surface area (Å²) in [5.41, 5.74) is 5.96. The summed E-state index contributed by atoms with van der Waals surface area (Å²) >= 11 is 0. The molecule has 3 heterocycles. The van der Waals surface area contributed by atoms with Gasteiger partial charge < -0.3 is 9.15 Å². The van der Waals surface area contributed by atoms with Crippen LogP contribution in [0.4, 0.5) is 0 Å². The van der Waals surface area contributed by atoms with E-state index in [0.717, 1.165) is 28.2 Å². The van der Waals surface area contributed by atoms with Crippen LogP contribution in [0.15, 0.2) is 47.2 Å². The monoisotopic (exact) mass is 356 g/mol. The summed E-state index contributed by atoms with van der Waals surface area (Å²) in [5, 5.41) is 3.51. The van der Waals surface area contributed by atoms with E-state index in [4.69, 9.17) is 9.15 Å². The zero-order valence-electron chi connectivity index (χ0n) is 15.7. The van der Waals surface area contributed by atoms with Gasteiger partial charge in [-0.3, -0.25) is 0 Å². The Bertz CT molecular complexity index is 1230. The Balaban J connectivity index is 1.68. The third-order valence-electron chi connectivity index (χ3n) is 6.41. The van der Waals surface area contributed by atoms with Crippen LogP contribution in [0.5, 0.6) is 11.5 Å². The van der Waals surface area contributed by atoms with E-state index in [1.54, 1.807) is 6.26 Å². The van der Waals surface area contributed by atoms with E-state index >= 15 is 0 Å². The van der Waals surface area contributed by atoms with Crippen LogP contribution in [0, 0.1) is 6.92 Å². The fourth-order valence-corrected chi connectivity index (χ4v) is 5.05. The van der Waals surface area contributed by atoms with Crippen molar-refractivity contribution in [1.29, 1.82) is 0 Å². The van der Waals surface area contributed by atoms with Gasteiger partial charge in [-0.05, 0) is 55.0 Å². The predicted octanol–water partition coefficient (Wildman–Crippen LogP) is 6.15. The topological polar surface area (TPSA) is 26.2 Å². The van der Waals surface area contributed by atoms with Crippen molar-refractivity contribution in [1.82, 2.24) is 0 Å². The second kappa shape index (κ2) is 5.35. The number of benzene rings is 2. The fourth-order valence-electron chi connectivity index (χ4n) is 5.05. The molecule has 0 unspecified atom stereocenters. The Morgan fingerprint density at radius 3 is 2.78 bits per heavy atom. The summed E-state index contributed by atoms with van der Waals surface area (Å²) in [6.45, 7) is 2.17. The number of hydrogen-bond acceptors (Lipinski definition) is 2. The first-order valence-electron chi connectivity index (χ1n) is 9.86. The Morgan fingerprint density at radius 1 is 1.07 bits per heavy atom. The van der Waals surface area contributed by atoms with Crippen molar-refractivity contribution in [3.05, 3.63) is 53.9 Å². The quantitative estimate of drug-likeness (QED) is 0.337. The molecule has 0 saturated heterocycles. The van der Waals surface area contributed by atoms with Crippen LogP contribution >= 0.6 is 0 Å². The summed E-state index contributed by atoms with van der Waals surface area (Å²) in [6.07, 6.45) is 9.27. The van der Waals surface area contributed by atoms with Gasteiger partial charge in [0, 0.05) is 10.8 Å². The van der Waals surface area contributed by atoms with Gasteiger partial charge in [0.05, 0.1) is 10.9 Å². The largest absolute Gasteiger partial charge is 0.460 e. The molecule has 2 aliphatic rings. The minimum atomic E-state index is 0.692. The van der Waals surface area contributed by atoms with Gasteiger partial charge in [0.2, 0.25) is 5.75 Å². The molecule has 0 bridgehead atoms. The van der Waals surface area contributed by atoms with Crippen LogP contribution in [0.3, 0.4) is 0 Å². The summed E-state index contributed by atoms with van der Waals surface area (Å²) in [5.74, 6) is 2.48. The summed E-state index contributed by atoms with van der Waals surface area (Å²) < 4.78 is 14.4. The highest BCUT2D eigenvalue weighted by Gasteiger charge is 2.33. The van der Waals surface area contributed by atoms with Crippen molar-refractivity contribution >= 4 is 21.7 Å². The molecule has 0 amide bonds. The highest BCUT2D eigenvalue weighted by atomic mass is 16.5. The Kier molecular flexibility index (Phi) is 3.03. The molecule has 0 N–H and O–H groups in total. The molecule has 27 heavy (non-hydrogen) atoms. The predicted molar refractivity (Wildman–Crippen MR) is 106 cm³/mol. The number of aryl methyl sites for hydroxylation is 2. The fraction of sp³-hybridized carbons (Fsp3) is 0.292. The molecule has 4 aromatic rings. The number of hydrogen-bond donors (Lipinski definition) is 0. The second-order valence-corrected chi connectivity index (χ2v) is 8.08. The zero-order valence-corrected chi connectivity index (χ0v) is 15.7. The van der Waals surface area contributed by atoms with Gasteiger partial charge in [-0.25, -0.2) is 0 Å². The molecule has 1 saturated carbocycles. The van der Waals surface area contributed by atoms with Gasteiger partial charge in [0.15, 0.2) is 11.9 Å². The number of aromatic nitrogens is 1. The van der Waals surface area contributed by atoms with Gasteiger partial charge in [-0.1, -0.05) is 25.0 Å². The molecule has 1 aliphatic heterocycles. The van der Waals surface area contributed by atoms with Crippen molar-refractivity contribution in [3.63, 3.8) is 0 Å². The summed E-state index contributed by atoms with van der Waals surface area (Å²) in [7, 11) is 2.11. The number of nitrogens with zero attached hydrogens (tertiary/aromatic N) is 1. The number of rotatable bonds is 1. The van der Waals surface area contributed by atoms with E-state index in [-0.39, 0.29) is 0 Å². The second-order valence-electron chi connectivity index (χ2n) is 8.08. The normalized spacial score (nSPS) is 16.1. The molecule has 0 spiro atoms. The molecule has 1 fully saturated rings. The number of pyridine rings is 1. The van der Waals surface area contributed by atoms with E-state index in [2.05, 4.69) is 49.0 Å². The molecule has 0 atom stereocenters. The van der Waals surface area contributed by atoms with Crippen LogP contribution < -0.4 is 9.30 Å². The van der Waals surface area contributed by atoms with Crippen molar-refractivity contribution in [2.24, 2.45) is 7.05 Å². The van der Waals surface area contributed by atoms with E-state index in [9.17, 15) is 0 Å². The molecular formula is C24H22NO2+. The van der Waals surface area contributed by atoms with Gasteiger partial charge >= 0.3 is 0 Å². The first kappa shape index (κ1) is 15.3. The van der Waals surface area contributed by atoms with Crippen LogP contribution in [0.1, 0.15) is 42.7 Å². The van der Waals surface area contributed by atoms with E-state index in [1.807, 2.05) is 6.07 Å². The molecule has 134 valence electrons. The molecular weight excluding hydrogens is 334 g/mol. The van der Waals surface area contributed by atoms with Crippen LogP contribution in [0.25, 0.3) is 33.0 Å². The lowest BCUT2D eigenvalue weighted by Crippen LogP contribution is -2.32. The highest BCUT2D eigenvalue weighted by Crippen LogP contribution is 2.50. The van der Waals surface area contributed by atoms with Crippen LogP contribution in [-0.2, 0) is 7.05 Å². The van der Waals surface area contributed by atoms with E-state index < -0.39 is 0 Å². The Labute approximate surface area is 158 Å². The highest BCUT2D eigenvalue weighted by molar-refractivity contribution is 6.05. The molecule has 1 aliphatic carbocycles. The minimum absolute atomic E-state index is 0.692. The first-order chi connectivity index (χ1) is 13.2. The van der Waals surface area contributed by atoms with Crippen molar-refractivity contribution in [3.8, 4) is 22.8 Å². The van der Waals surface area contributed by atoms with E-state index in [0.29, 0.717) is 5.92 Å². The number of furan rings is 1. The standard InChI is InChI=1S/C24H22NO2/c1-14-7-10-19-22-20(13-26-19)27-24-18-11-16(15-5-3-4-6-15)8-9-17(18)12-25(2)23(24)21(14)22/h7-13,15H,3-6H2,1-2H3/q+1. The van der Waals surface area contributed by atoms with Gasteiger partial charge in [-0.2, -0.15) is 4.57 Å². The molecule has 6 rings (SSSR count). The van der Waals surface area contributed by atoms with E-state index in [1.165, 1.54) is 53.1 Å². The summed E-state index contributed by atoms with van der Waals surface area (Å²) in [6, 6.07) is 11.1. The molecule has 0 radical (unpaired) electrons. The van der Waals surface area contributed by atoms with Gasteiger partial charge in [0.25, 0.3) is 5.69 Å². The van der Waals surface area contributed by atoms with Crippen molar-refractivity contribution in [2.45, 2.75) is 38.5 Å². The maximum absolute atomic E-state index is 6.44. The smallest absolute Gasteiger partial charge is 0.257 e. The van der Waals surface area contributed by atoms with Gasteiger partial charge in [-0.15, -0.1) is 0 Å². The molecule has 2 aromatic heterocycles. The van der Waals surface area contributed by atoms with Crippen molar-refractivity contribution < 1.29 is 13.7 Å². The average molecular weight is 356 g/mol. The molecule has 3 heteroatoms. The minimum Gasteiger partial charge on any atom is -0.460 e. The SMILES string of the molecule is Cc1ccc2occ3c2c1-c1c(c2cc(C4CCCC4)ccc2c[n+]1C)O3. The number of ether oxygens (including phenoxy) is 1. The molecule has 3 nitrogen and oxygen atoms in total. The maximum atomic E-state index is 6.44. The van der Waals surface area contributed by atoms with Gasteiger partial charge in [0.1, 0.15) is 18.9 Å². The van der Waals surface area contributed by atoms with Crippen LogP contribution in [0.2, 0.25) is 0 Å². The van der Waals surface area contributed by atoms with Crippen molar-refractivity contribution in [2.75, 3.05) is 0 Å². The lowest BCUT2D eigenvalue weighted by Gasteiger charge is -2.19. The van der Waals surface area contributed by atoms with Crippen LogP contribution in [-0.4, -0.2) is 0 Å². The third-order valence-corrected chi connectivity index (χ3v) is 6.41. The third kappa shape index (κ3) is 2.05. The first-order valence-corrected chi connectivity index (χ1v) is 9.86. The lowest BCUT2D eigenvalue weighted by atomic mass is 9.92. The average Bonchev–Trinajstić information content (AvgIpc) is 3.34. The lowest BCUT2D eigenvalue weighted by molar-refractivity contribution is -0.659. The molecule has 2 aromatic carbocycles. The maximum Gasteiger partial charge on any atom is 0.257 e. The number of fused-ring (bicyclic) bond motifs is 4. The zero-order chi connectivity index (χ0) is 18.1. The Hall–Kier alpha value is -2.81. The Morgan fingerprint density at radius 2 is 1.93 bits per heavy atom.